The third kappa shape index (κ3) is 6.06. The zero-order chi connectivity index (χ0) is 19.2. The third-order valence-corrected chi connectivity index (χ3v) is 3.99. The lowest BCUT2D eigenvalue weighted by Gasteiger charge is -2.24. The molecule has 0 radical (unpaired) electrons. The minimum Gasteiger partial charge on any atom is -0.469 e. The highest BCUT2D eigenvalue weighted by Crippen LogP contribution is 2.21. The molecule has 0 fully saturated rings. The van der Waals surface area contributed by atoms with E-state index < -0.39 is 11.7 Å². The molecular formula is C21H27NO4. The van der Waals surface area contributed by atoms with Gasteiger partial charge in [-0.2, -0.15) is 0 Å². The number of carbonyl (C=O) groups excluding carboxylic acids is 2. The number of carbonyl (C=O) groups is 2. The van der Waals surface area contributed by atoms with E-state index >= 15 is 0 Å². The lowest BCUT2D eigenvalue weighted by molar-refractivity contribution is -0.140. The van der Waals surface area contributed by atoms with Crippen molar-refractivity contribution >= 4 is 22.8 Å². The number of alkyl carbamates (subject to hydrolysis) is 1. The fourth-order valence-corrected chi connectivity index (χ4v) is 2.83. The van der Waals surface area contributed by atoms with Gasteiger partial charge in [0.05, 0.1) is 7.11 Å². The van der Waals surface area contributed by atoms with Gasteiger partial charge >= 0.3 is 12.1 Å². The monoisotopic (exact) mass is 357 g/mol. The predicted octanol–water partition coefficient (Wildman–Crippen LogP) is 4.23. The largest absolute Gasteiger partial charge is 0.469 e. The second-order valence-electron chi connectivity index (χ2n) is 7.30. The lowest BCUT2D eigenvalue weighted by Crippen LogP contribution is -2.40. The topological polar surface area (TPSA) is 64.6 Å². The summed E-state index contributed by atoms with van der Waals surface area (Å²) < 4.78 is 10.1. The summed E-state index contributed by atoms with van der Waals surface area (Å²) in [6, 6.07) is 14.0. The molecule has 5 heteroatoms. The maximum absolute atomic E-state index is 12.2. The van der Waals surface area contributed by atoms with Crippen LogP contribution in [-0.2, 0) is 20.7 Å². The van der Waals surface area contributed by atoms with E-state index in [4.69, 9.17) is 9.47 Å². The second-order valence-corrected chi connectivity index (χ2v) is 7.30. The Morgan fingerprint density at radius 2 is 1.77 bits per heavy atom. The Morgan fingerprint density at radius 1 is 1.08 bits per heavy atom. The van der Waals surface area contributed by atoms with E-state index in [1.807, 2.05) is 45.0 Å². The van der Waals surface area contributed by atoms with Crippen LogP contribution < -0.4 is 5.32 Å². The molecule has 1 amide bonds. The first-order valence-corrected chi connectivity index (χ1v) is 8.81. The van der Waals surface area contributed by atoms with Crippen LogP contribution in [0.4, 0.5) is 4.79 Å². The molecule has 1 N–H and O–H groups in total. The Morgan fingerprint density at radius 3 is 2.46 bits per heavy atom. The molecule has 0 aromatic heterocycles. The smallest absolute Gasteiger partial charge is 0.407 e. The van der Waals surface area contributed by atoms with Crippen LogP contribution in [0.2, 0.25) is 0 Å². The fourth-order valence-electron chi connectivity index (χ4n) is 2.83. The van der Waals surface area contributed by atoms with Crippen molar-refractivity contribution in [3.8, 4) is 0 Å². The molecule has 0 heterocycles. The van der Waals surface area contributed by atoms with Crippen molar-refractivity contribution in [3.63, 3.8) is 0 Å². The van der Waals surface area contributed by atoms with Gasteiger partial charge in [-0.3, -0.25) is 4.79 Å². The quantitative estimate of drug-likeness (QED) is 0.786. The zero-order valence-electron chi connectivity index (χ0n) is 15.9. The van der Waals surface area contributed by atoms with Crippen molar-refractivity contribution in [1.29, 1.82) is 0 Å². The highest BCUT2D eigenvalue weighted by molar-refractivity contribution is 5.85. The van der Waals surface area contributed by atoms with Gasteiger partial charge in [0, 0.05) is 12.5 Å². The number of methoxy groups -OCH3 is 1. The lowest BCUT2D eigenvalue weighted by atomic mass is 9.96. The number of hydrogen-bond acceptors (Lipinski definition) is 4. The van der Waals surface area contributed by atoms with E-state index in [0.717, 1.165) is 16.3 Å². The summed E-state index contributed by atoms with van der Waals surface area (Å²) in [7, 11) is 1.36. The van der Waals surface area contributed by atoms with Gasteiger partial charge in [0.2, 0.25) is 0 Å². The van der Waals surface area contributed by atoms with Crippen LogP contribution in [-0.4, -0.2) is 30.8 Å². The summed E-state index contributed by atoms with van der Waals surface area (Å²) in [5.41, 5.74) is 0.546. The van der Waals surface area contributed by atoms with Crippen LogP contribution in [0.5, 0.6) is 0 Å². The van der Waals surface area contributed by atoms with Crippen molar-refractivity contribution < 1.29 is 19.1 Å². The van der Waals surface area contributed by atoms with Gasteiger partial charge in [-0.1, -0.05) is 42.5 Å². The summed E-state index contributed by atoms with van der Waals surface area (Å²) in [5.74, 6) is -0.293. The van der Waals surface area contributed by atoms with Gasteiger partial charge in [0.25, 0.3) is 0 Å². The molecule has 1 atom stereocenters. The van der Waals surface area contributed by atoms with E-state index in [1.54, 1.807) is 0 Å². The Kier molecular flexibility index (Phi) is 6.61. The molecule has 0 unspecified atom stereocenters. The molecule has 0 aliphatic carbocycles. The first kappa shape index (κ1) is 19.8. The molecular weight excluding hydrogens is 330 g/mol. The molecule has 0 aliphatic heterocycles. The van der Waals surface area contributed by atoms with E-state index in [-0.39, 0.29) is 18.4 Å². The highest BCUT2D eigenvalue weighted by atomic mass is 16.6. The molecule has 26 heavy (non-hydrogen) atoms. The van der Waals surface area contributed by atoms with E-state index in [0.29, 0.717) is 12.8 Å². The summed E-state index contributed by atoms with van der Waals surface area (Å²) in [5, 5.41) is 5.19. The number of rotatable bonds is 6. The highest BCUT2D eigenvalue weighted by Gasteiger charge is 2.21. The van der Waals surface area contributed by atoms with E-state index in [1.165, 1.54) is 7.11 Å². The van der Waals surface area contributed by atoms with Gasteiger partial charge in [-0.15, -0.1) is 0 Å². The van der Waals surface area contributed by atoms with E-state index in [9.17, 15) is 9.59 Å². The average Bonchev–Trinajstić information content (AvgIpc) is 2.58. The van der Waals surface area contributed by atoms with Gasteiger partial charge in [0.15, 0.2) is 0 Å². The molecule has 140 valence electrons. The number of fused-ring (bicyclic) bond motifs is 1. The average molecular weight is 357 g/mol. The number of esters is 1. The SMILES string of the molecule is COC(=O)CC[C@@H](Cc1cccc2ccccc12)NC(=O)OC(C)(C)C. The Labute approximate surface area is 154 Å². The number of ether oxygens (including phenoxy) is 2. The molecule has 2 aromatic rings. The molecule has 0 spiro atoms. The number of amides is 1. The molecule has 0 bridgehead atoms. The van der Waals surface area contributed by atoms with Crippen molar-refractivity contribution in [1.82, 2.24) is 5.32 Å². The van der Waals surface area contributed by atoms with Crippen LogP contribution in [0.15, 0.2) is 42.5 Å². The molecule has 2 aromatic carbocycles. The molecule has 2 rings (SSSR count). The van der Waals surface area contributed by atoms with Crippen molar-refractivity contribution in [3.05, 3.63) is 48.0 Å². The minimum absolute atomic E-state index is 0.227. The standard InChI is InChI=1S/C21H27NO4/c1-21(2,3)26-20(24)22-17(12-13-19(23)25-4)14-16-10-7-9-15-8-5-6-11-18(15)16/h5-11,17H,12-14H2,1-4H3,(H,22,24)/t17-/m0/s1. The van der Waals surface area contributed by atoms with Crippen molar-refractivity contribution in [2.75, 3.05) is 7.11 Å². The number of benzene rings is 2. The number of nitrogens with one attached hydrogen (secondary N) is 1. The van der Waals surface area contributed by atoms with E-state index in [2.05, 4.69) is 23.5 Å². The molecule has 5 nitrogen and oxygen atoms in total. The first-order chi connectivity index (χ1) is 12.3. The maximum Gasteiger partial charge on any atom is 0.407 e. The normalized spacial score (nSPS) is 12.5. The van der Waals surface area contributed by atoms with Gasteiger partial charge in [-0.05, 0) is 49.9 Å². The maximum atomic E-state index is 12.2. The fraction of sp³-hybridized carbons (Fsp3) is 0.429. The van der Waals surface area contributed by atoms with Gasteiger partial charge in [0.1, 0.15) is 5.60 Å². The summed E-state index contributed by atoms with van der Waals surface area (Å²) >= 11 is 0. The van der Waals surface area contributed by atoms with Crippen LogP contribution in [0.25, 0.3) is 10.8 Å². The van der Waals surface area contributed by atoms with Crippen molar-refractivity contribution in [2.45, 2.75) is 51.7 Å². The van der Waals surface area contributed by atoms with Crippen molar-refractivity contribution in [2.24, 2.45) is 0 Å². The zero-order valence-corrected chi connectivity index (χ0v) is 15.9. The molecule has 0 saturated carbocycles. The third-order valence-electron chi connectivity index (χ3n) is 3.99. The number of hydrogen-bond donors (Lipinski definition) is 1. The first-order valence-electron chi connectivity index (χ1n) is 8.81. The van der Waals surface area contributed by atoms with Gasteiger partial charge < -0.3 is 14.8 Å². The predicted molar refractivity (Wildman–Crippen MR) is 102 cm³/mol. The van der Waals surface area contributed by atoms with Crippen LogP contribution >= 0.6 is 0 Å². The van der Waals surface area contributed by atoms with Gasteiger partial charge in [-0.25, -0.2) is 4.79 Å². The molecule has 0 saturated heterocycles. The van der Waals surface area contributed by atoms with Crippen LogP contribution in [0.3, 0.4) is 0 Å². The second kappa shape index (κ2) is 8.70. The van der Waals surface area contributed by atoms with Crippen LogP contribution in [0, 0.1) is 0 Å². The summed E-state index contributed by atoms with van der Waals surface area (Å²) in [4.78, 5) is 23.7. The summed E-state index contributed by atoms with van der Waals surface area (Å²) in [6.07, 6.45) is 0.849. The Bertz CT molecular complexity index is 759. The summed E-state index contributed by atoms with van der Waals surface area (Å²) in [6.45, 7) is 5.46. The Hall–Kier alpha value is -2.56. The van der Waals surface area contributed by atoms with Crippen LogP contribution in [0.1, 0.15) is 39.2 Å². The Balaban J connectivity index is 2.16. The minimum atomic E-state index is -0.573. The molecule has 0 aliphatic rings.